The Balaban J connectivity index is 2.94. The highest BCUT2D eigenvalue weighted by molar-refractivity contribution is 7.88. The second-order valence-corrected chi connectivity index (χ2v) is 7.13. The van der Waals surface area contributed by atoms with Crippen molar-refractivity contribution >= 4 is 21.4 Å². The van der Waals surface area contributed by atoms with Crippen molar-refractivity contribution < 1.29 is 18.4 Å². The van der Waals surface area contributed by atoms with Gasteiger partial charge in [0, 0.05) is 18.2 Å². The number of anilines is 1. The minimum Gasteiger partial charge on any atom is -0.392 e. The number of nitrogens with one attached hydrogen (secondary N) is 2. The second-order valence-electron chi connectivity index (χ2n) is 5.38. The van der Waals surface area contributed by atoms with Gasteiger partial charge in [-0.1, -0.05) is 0 Å². The molecule has 0 fully saturated rings. The van der Waals surface area contributed by atoms with Gasteiger partial charge in [0.1, 0.15) is 5.69 Å². The molecule has 0 saturated carbocycles. The van der Waals surface area contributed by atoms with E-state index in [2.05, 4.69) is 10.0 Å². The maximum Gasteiger partial charge on any atom is 0.292 e. The van der Waals surface area contributed by atoms with Gasteiger partial charge in [-0.2, -0.15) is 0 Å². The molecule has 0 radical (unpaired) electrons. The van der Waals surface area contributed by atoms with Crippen molar-refractivity contribution in [2.45, 2.75) is 26.0 Å². The van der Waals surface area contributed by atoms with Crippen molar-refractivity contribution in [1.82, 2.24) is 4.72 Å². The summed E-state index contributed by atoms with van der Waals surface area (Å²) in [5.41, 5.74) is -0.203. The predicted molar refractivity (Wildman–Crippen MR) is 79.6 cm³/mol. The zero-order valence-corrected chi connectivity index (χ0v) is 12.9. The highest BCUT2D eigenvalue weighted by Crippen LogP contribution is 2.26. The van der Waals surface area contributed by atoms with Crippen LogP contribution in [0.15, 0.2) is 18.2 Å². The van der Waals surface area contributed by atoms with Crippen molar-refractivity contribution in [3.63, 3.8) is 0 Å². The summed E-state index contributed by atoms with van der Waals surface area (Å²) in [6, 6.07) is 4.22. The number of hydrogen-bond acceptors (Lipinski definition) is 6. The number of nitrogens with zero attached hydrogens (tertiary/aromatic N) is 1. The number of sulfonamides is 1. The molecular weight excluding hydrogens is 298 g/mol. The fourth-order valence-corrected chi connectivity index (χ4v) is 2.91. The Morgan fingerprint density at radius 3 is 2.48 bits per heavy atom. The molecule has 0 unspecified atom stereocenters. The molecule has 0 bridgehead atoms. The molecule has 0 heterocycles. The Kier molecular flexibility index (Phi) is 5.26. The molecule has 9 heteroatoms. The van der Waals surface area contributed by atoms with Crippen molar-refractivity contribution in [3.05, 3.63) is 33.9 Å². The number of hydrogen-bond donors (Lipinski definition) is 3. The molecule has 0 aliphatic carbocycles. The Bertz CT molecular complexity index is 628. The molecule has 0 spiro atoms. The number of nitro benzene ring substituents is 1. The van der Waals surface area contributed by atoms with Crippen LogP contribution < -0.4 is 10.0 Å². The topological polar surface area (TPSA) is 122 Å². The van der Waals surface area contributed by atoms with Gasteiger partial charge in [-0.25, -0.2) is 13.1 Å². The van der Waals surface area contributed by atoms with Crippen LogP contribution in [0.25, 0.3) is 0 Å². The lowest BCUT2D eigenvalue weighted by molar-refractivity contribution is -0.384. The zero-order valence-electron chi connectivity index (χ0n) is 12.1. The molecule has 0 aliphatic heterocycles. The van der Waals surface area contributed by atoms with Gasteiger partial charge in [0.15, 0.2) is 0 Å². The fraction of sp³-hybridized carbons (Fsp3) is 0.500. The average Bonchev–Trinajstić information content (AvgIpc) is 2.33. The van der Waals surface area contributed by atoms with Crippen LogP contribution in [0, 0.1) is 10.1 Å². The number of aliphatic hydroxyl groups is 1. The third-order valence-electron chi connectivity index (χ3n) is 2.62. The lowest BCUT2D eigenvalue weighted by atomic mass is 10.1. The van der Waals surface area contributed by atoms with E-state index in [4.69, 9.17) is 5.11 Å². The summed E-state index contributed by atoms with van der Waals surface area (Å²) in [5, 5.41) is 22.9. The first kappa shape index (κ1) is 17.3. The highest BCUT2D eigenvalue weighted by Gasteiger charge is 2.23. The Labute approximate surface area is 123 Å². The minimum absolute atomic E-state index is 0.137. The molecule has 0 saturated heterocycles. The molecule has 3 N–H and O–H groups in total. The van der Waals surface area contributed by atoms with E-state index in [0.29, 0.717) is 5.56 Å². The van der Waals surface area contributed by atoms with E-state index >= 15 is 0 Å². The van der Waals surface area contributed by atoms with Crippen LogP contribution in [0.5, 0.6) is 0 Å². The molecule has 1 aromatic rings. The van der Waals surface area contributed by atoms with E-state index in [1.54, 1.807) is 13.8 Å². The van der Waals surface area contributed by atoms with Gasteiger partial charge in [-0.05, 0) is 31.5 Å². The van der Waals surface area contributed by atoms with Crippen LogP contribution in [0.3, 0.4) is 0 Å². The van der Waals surface area contributed by atoms with E-state index in [-0.39, 0.29) is 24.5 Å². The number of rotatable bonds is 7. The molecule has 21 heavy (non-hydrogen) atoms. The molecular formula is C12H19N3O5S. The molecule has 0 aromatic heterocycles. The Morgan fingerprint density at radius 2 is 2.00 bits per heavy atom. The van der Waals surface area contributed by atoms with Crippen molar-refractivity contribution in [1.29, 1.82) is 0 Å². The monoisotopic (exact) mass is 317 g/mol. The second kappa shape index (κ2) is 6.37. The van der Waals surface area contributed by atoms with E-state index < -0.39 is 20.5 Å². The summed E-state index contributed by atoms with van der Waals surface area (Å²) >= 11 is 0. The van der Waals surface area contributed by atoms with Crippen LogP contribution >= 0.6 is 0 Å². The highest BCUT2D eigenvalue weighted by atomic mass is 32.2. The van der Waals surface area contributed by atoms with Crippen LogP contribution in [0.2, 0.25) is 0 Å². The van der Waals surface area contributed by atoms with Crippen molar-refractivity contribution in [2.75, 3.05) is 18.1 Å². The average molecular weight is 317 g/mol. The number of aliphatic hydroxyl groups excluding tert-OH is 1. The molecule has 1 rings (SSSR count). The first-order chi connectivity index (χ1) is 9.54. The van der Waals surface area contributed by atoms with Gasteiger partial charge in [-0.3, -0.25) is 10.1 Å². The summed E-state index contributed by atoms with van der Waals surface area (Å²) in [6.45, 7) is 3.22. The predicted octanol–water partition coefficient (Wildman–Crippen LogP) is 0.827. The van der Waals surface area contributed by atoms with Crippen LogP contribution in [0.1, 0.15) is 19.4 Å². The van der Waals surface area contributed by atoms with Gasteiger partial charge in [0.25, 0.3) is 5.69 Å². The summed E-state index contributed by atoms with van der Waals surface area (Å²) in [7, 11) is -3.39. The Hall–Kier alpha value is -1.71. The SMILES string of the molecule is CC(C)(CNc1cc(CO)ccc1[N+](=O)[O-])NS(C)(=O)=O. The Morgan fingerprint density at radius 1 is 1.38 bits per heavy atom. The van der Waals surface area contributed by atoms with E-state index in [1.165, 1.54) is 18.2 Å². The van der Waals surface area contributed by atoms with E-state index in [0.717, 1.165) is 6.26 Å². The summed E-state index contributed by atoms with van der Waals surface area (Å²) in [5.74, 6) is 0. The lowest BCUT2D eigenvalue weighted by Crippen LogP contribution is -2.47. The van der Waals surface area contributed by atoms with Gasteiger partial charge in [0.05, 0.1) is 17.8 Å². The molecule has 0 atom stereocenters. The fourth-order valence-electron chi connectivity index (χ4n) is 1.84. The maximum atomic E-state index is 11.3. The zero-order chi connectivity index (χ0) is 16.3. The first-order valence-corrected chi connectivity index (χ1v) is 8.04. The van der Waals surface area contributed by atoms with E-state index in [9.17, 15) is 18.5 Å². The van der Waals surface area contributed by atoms with Crippen LogP contribution in [-0.4, -0.2) is 36.8 Å². The maximum absolute atomic E-state index is 11.3. The summed E-state index contributed by atoms with van der Waals surface area (Å²) < 4.78 is 24.9. The van der Waals surface area contributed by atoms with Crippen molar-refractivity contribution in [2.24, 2.45) is 0 Å². The van der Waals surface area contributed by atoms with Gasteiger partial charge in [-0.15, -0.1) is 0 Å². The molecule has 118 valence electrons. The third-order valence-corrected chi connectivity index (χ3v) is 3.55. The number of benzene rings is 1. The molecule has 1 aromatic carbocycles. The standard InChI is InChI=1S/C12H19N3O5S/c1-12(2,14-21(3,19)20)8-13-10-6-9(7-16)4-5-11(10)15(17)18/h4-6,13-14,16H,7-8H2,1-3H3. The van der Waals surface area contributed by atoms with Gasteiger partial charge >= 0.3 is 0 Å². The van der Waals surface area contributed by atoms with Gasteiger partial charge < -0.3 is 10.4 Å². The van der Waals surface area contributed by atoms with Gasteiger partial charge in [0.2, 0.25) is 10.0 Å². The smallest absolute Gasteiger partial charge is 0.292 e. The molecule has 0 aliphatic rings. The normalized spacial score (nSPS) is 12.2. The number of nitro groups is 1. The lowest BCUT2D eigenvalue weighted by Gasteiger charge is -2.25. The van der Waals surface area contributed by atoms with Crippen LogP contribution in [0.4, 0.5) is 11.4 Å². The van der Waals surface area contributed by atoms with Crippen molar-refractivity contribution in [3.8, 4) is 0 Å². The van der Waals surface area contributed by atoms with E-state index in [1.807, 2.05) is 0 Å². The third kappa shape index (κ3) is 5.66. The summed E-state index contributed by atoms with van der Waals surface area (Å²) in [6.07, 6.45) is 1.05. The quantitative estimate of drug-likeness (QED) is 0.506. The minimum atomic E-state index is -3.39. The molecule has 0 amide bonds. The largest absolute Gasteiger partial charge is 0.392 e. The first-order valence-electron chi connectivity index (χ1n) is 6.15. The molecule has 8 nitrogen and oxygen atoms in total. The summed E-state index contributed by atoms with van der Waals surface area (Å²) in [4.78, 5) is 10.4. The van der Waals surface area contributed by atoms with Crippen LogP contribution in [-0.2, 0) is 16.6 Å².